The highest BCUT2D eigenvalue weighted by Gasteiger charge is 2.52. The van der Waals surface area contributed by atoms with E-state index < -0.39 is 15.4 Å². The lowest BCUT2D eigenvalue weighted by molar-refractivity contribution is -0.129. The van der Waals surface area contributed by atoms with E-state index in [-0.39, 0.29) is 16.7 Å². The summed E-state index contributed by atoms with van der Waals surface area (Å²) in [6.07, 6.45) is 2.75. The summed E-state index contributed by atoms with van der Waals surface area (Å²) in [6.45, 7) is 3.21. The van der Waals surface area contributed by atoms with E-state index in [0.717, 1.165) is 31.4 Å². The van der Waals surface area contributed by atoms with Crippen LogP contribution in [-0.2, 0) is 14.8 Å². The molecule has 2 N–H and O–H groups in total. The lowest BCUT2D eigenvalue weighted by atomic mass is 9.80. The molecular formula is C15H20N2O3S. The van der Waals surface area contributed by atoms with Gasteiger partial charge in [-0.2, -0.15) is 0 Å². The molecule has 1 aromatic rings. The molecule has 1 amide bonds. The Labute approximate surface area is 125 Å². The number of carbonyl (C=O) groups excluding carboxylic acids is 1. The molecule has 0 aromatic heterocycles. The van der Waals surface area contributed by atoms with Crippen molar-refractivity contribution < 1.29 is 13.2 Å². The molecule has 0 radical (unpaired) electrons. The monoisotopic (exact) mass is 308 g/mol. The topological polar surface area (TPSA) is 75.3 Å². The smallest absolute Gasteiger partial charge is 0.264 e. The number of aryl methyl sites for hydroxylation is 1. The first-order chi connectivity index (χ1) is 9.94. The largest absolute Gasteiger partial charge is 0.315 e. The van der Waals surface area contributed by atoms with Gasteiger partial charge in [0.05, 0.1) is 10.3 Å². The van der Waals surface area contributed by atoms with E-state index in [1.165, 1.54) is 6.07 Å². The standard InChI is InChI=1S/C15H20N2O3S/c1-11-4-2-6-13(8-11)21(19,20)17-14(18)15-7-3-5-12(15)9-16-10-15/h2,4,6,8,12,16H,3,5,7,9-10H2,1H3,(H,17,18)/t12-,15-/m0/s1. The maximum Gasteiger partial charge on any atom is 0.264 e. The second-order valence-corrected chi connectivity index (χ2v) is 7.81. The van der Waals surface area contributed by atoms with Crippen LogP contribution in [0.3, 0.4) is 0 Å². The van der Waals surface area contributed by atoms with E-state index >= 15 is 0 Å². The van der Waals surface area contributed by atoms with Crippen LogP contribution in [0, 0.1) is 18.3 Å². The van der Waals surface area contributed by atoms with Crippen molar-refractivity contribution in [1.29, 1.82) is 0 Å². The van der Waals surface area contributed by atoms with Crippen LogP contribution < -0.4 is 10.0 Å². The van der Waals surface area contributed by atoms with Crippen LogP contribution in [0.25, 0.3) is 0 Å². The van der Waals surface area contributed by atoms with Gasteiger partial charge in [0.15, 0.2) is 0 Å². The fourth-order valence-electron chi connectivity index (χ4n) is 3.59. The molecule has 3 rings (SSSR count). The summed E-state index contributed by atoms with van der Waals surface area (Å²) < 4.78 is 27.1. The third-order valence-electron chi connectivity index (χ3n) is 4.77. The minimum Gasteiger partial charge on any atom is -0.315 e. The lowest BCUT2D eigenvalue weighted by Crippen LogP contribution is -2.46. The lowest BCUT2D eigenvalue weighted by Gasteiger charge is -2.26. The molecule has 114 valence electrons. The molecule has 1 heterocycles. The molecule has 6 heteroatoms. The van der Waals surface area contributed by atoms with Crippen molar-refractivity contribution in [3.8, 4) is 0 Å². The van der Waals surface area contributed by atoms with Gasteiger partial charge in [0, 0.05) is 6.54 Å². The highest BCUT2D eigenvalue weighted by Crippen LogP contribution is 2.46. The molecule has 21 heavy (non-hydrogen) atoms. The molecule has 1 saturated heterocycles. The van der Waals surface area contributed by atoms with Crippen LogP contribution in [-0.4, -0.2) is 27.4 Å². The van der Waals surface area contributed by atoms with Crippen LogP contribution in [0.1, 0.15) is 24.8 Å². The minimum atomic E-state index is -3.79. The van der Waals surface area contributed by atoms with E-state index in [1.54, 1.807) is 12.1 Å². The Morgan fingerprint density at radius 3 is 3.00 bits per heavy atom. The summed E-state index contributed by atoms with van der Waals surface area (Å²) in [5.41, 5.74) is 0.307. The Hall–Kier alpha value is -1.40. The molecule has 0 spiro atoms. The predicted molar refractivity (Wildman–Crippen MR) is 79.2 cm³/mol. The summed E-state index contributed by atoms with van der Waals surface area (Å²) in [7, 11) is -3.79. The molecule has 1 saturated carbocycles. The van der Waals surface area contributed by atoms with Crippen molar-refractivity contribution in [2.75, 3.05) is 13.1 Å². The Morgan fingerprint density at radius 2 is 2.24 bits per heavy atom. The van der Waals surface area contributed by atoms with Crippen LogP contribution in [0.2, 0.25) is 0 Å². The zero-order chi connectivity index (χ0) is 15.1. The maximum absolute atomic E-state index is 12.6. The van der Waals surface area contributed by atoms with Crippen molar-refractivity contribution in [2.24, 2.45) is 11.3 Å². The number of amides is 1. The second kappa shape index (κ2) is 5.10. The first-order valence-corrected chi connectivity index (χ1v) is 8.77. The van der Waals surface area contributed by atoms with E-state index in [0.29, 0.717) is 6.54 Å². The number of carbonyl (C=O) groups is 1. The number of benzene rings is 1. The maximum atomic E-state index is 12.6. The minimum absolute atomic E-state index is 0.146. The number of fused-ring (bicyclic) bond motifs is 1. The third-order valence-corrected chi connectivity index (χ3v) is 6.10. The molecule has 1 aliphatic carbocycles. The molecular weight excluding hydrogens is 288 g/mol. The summed E-state index contributed by atoms with van der Waals surface area (Å²) >= 11 is 0. The first-order valence-electron chi connectivity index (χ1n) is 7.29. The summed E-state index contributed by atoms with van der Waals surface area (Å²) in [5, 5.41) is 3.23. The third kappa shape index (κ3) is 2.46. The zero-order valence-corrected chi connectivity index (χ0v) is 12.9. The normalized spacial score (nSPS) is 28.3. The van der Waals surface area contributed by atoms with Gasteiger partial charge in [-0.15, -0.1) is 0 Å². The van der Waals surface area contributed by atoms with E-state index in [9.17, 15) is 13.2 Å². The van der Waals surface area contributed by atoms with Gasteiger partial charge in [0.1, 0.15) is 0 Å². The highest BCUT2D eigenvalue weighted by atomic mass is 32.2. The van der Waals surface area contributed by atoms with Crippen molar-refractivity contribution in [3.05, 3.63) is 29.8 Å². The van der Waals surface area contributed by atoms with Crippen molar-refractivity contribution in [3.63, 3.8) is 0 Å². The highest BCUT2D eigenvalue weighted by molar-refractivity contribution is 7.90. The number of nitrogens with one attached hydrogen (secondary N) is 2. The van der Waals surface area contributed by atoms with E-state index in [1.807, 2.05) is 13.0 Å². The predicted octanol–water partition coefficient (Wildman–Crippen LogP) is 1.19. The SMILES string of the molecule is Cc1cccc(S(=O)(=O)NC(=O)[C@]23CCC[C@H]2CNC3)c1. The van der Waals surface area contributed by atoms with E-state index in [4.69, 9.17) is 0 Å². The van der Waals surface area contributed by atoms with Gasteiger partial charge in [-0.3, -0.25) is 4.79 Å². The molecule has 2 atom stereocenters. The van der Waals surface area contributed by atoms with Gasteiger partial charge in [-0.05, 0) is 49.9 Å². The van der Waals surface area contributed by atoms with Gasteiger partial charge in [-0.25, -0.2) is 13.1 Å². The van der Waals surface area contributed by atoms with E-state index in [2.05, 4.69) is 10.0 Å². The van der Waals surface area contributed by atoms with Crippen LogP contribution in [0.15, 0.2) is 29.2 Å². The van der Waals surface area contributed by atoms with Crippen LogP contribution >= 0.6 is 0 Å². The Kier molecular flexibility index (Phi) is 3.53. The van der Waals surface area contributed by atoms with Crippen LogP contribution in [0.4, 0.5) is 0 Å². The zero-order valence-electron chi connectivity index (χ0n) is 12.1. The summed E-state index contributed by atoms with van der Waals surface area (Å²) in [5.74, 6) is -0.0956. The van der Waals surface area contributed by atoms with Gasteiger partial charge in [0.25, 0.3) is 10.0 Å². The first kappa shape index (κ1) is 14.5. The van der Waals surface area contributed by atoms with Crippen molar-refractivity contribution >= 4 is 15.9 Å². The quantitative estimate of drug-likeness (QED) is 0.879. The molecule has 1 aromatic carbocycles. The van der Waals surface area contributed by atoms with Crippen molar-refractivity contribution in [2.45, 2.75) is 31.1 Å². The number of hydrogen-bond acceptors (Lipinski definition) is 4. The number of hydrogen-bond donors (Lipinski definition) is 2. The number of sulfonamides is 1. The van der Waals surface area contributed by atoms with Gasteiger partial charge in [-0.1, -0.05) is 18.6 Å². The van der Waals surface area contributed by atoms with Gasteiger partial charge >= 0.3 is 0 Å². The Bertz CT molecular complexity index is 659. The average Bonchev–Trinajstić information content (AvgIpc) is 2.98. The molecule has 2 aliphatic rings. The molecule has 0 bridgehead atoms. The molecule has 1 aliphatic heterocycles. The van der Waals surface area contributed by atoms with Crippen LogP contribution in [0.5, 0.6) is 0 Å². The van der Waals surface area contributed by atoms with Crippen molar-refractivity contribution in [1.82, 2.24) is 10.0 Å². The average molecular weight is 308 g/mol. The fourth-order valence-corrected chi connectivity index (χ4v) is 4.75. The fraction of sp³-hybridized carbons (Fsp3) is 0.533. The molecule has 2 fully saturated rings. The Balaban J connectivity index is 1.84. The van der Waals surface area contributed by atoms with Gasteiger partial charge in [0.2, 0.25) is 5.91 Å². The molecule has 0 unspecified atom stereocenters. The summed E-state index contributed by atoms with van der Waals surface area (Å²) in [6, 6.07) is 6.60. The number of rotatable bonds is 3. The molecule has 5 nitrogen and oxygen atoms in total. The Morgan fingerprint density at radius 1 is 1.43 bits per heavy atom. The van der Waals surface area contributed by atoms with Gasteiger partial charge < -0.3 is 5.32 Å². The summed E-state index contributed by atoms with van der Waals surface area (Å²) in [4.78, 5) is 12.7. The second-order valence-electron chi connectivity index (χ2n) is 6.13.